The second-order valence-electron chi connectivity index (χ2n) is 6.56. The lowest BCUT2D eigenvalue weighted by atomic mass is 9.83. The number of nitrogens with zero attached hydrogens (tertiary/aromatic N) is 4. The van der Waals surface area contributed by atoms with Crippen LogP contribution in [-0.2, 0) is 0 Å². The van der Waals surface area contributed by atoms with Crippen LogP contribution in [0.15, 0.2) is 18.5 Å². The molecule has 4 nitrogen and oxygen atoms in total. The Morgan fingerprint density at radius 2 is 1.81 bits per heavy atom. The molecular weight excluding hydrogens is 267 g/mol. The van der Waals surface area contributed by atoms with E-state index in [0.29, 0.717) is 5.69 Å². The third-order valence-electron chi connectivity index (χ3n) is 5.50. The van der Waals surface area contributed by atoms with Gasteiger partial charge < -0.3 is 9.80 Å². The zero-order valence-electron chi connectivity index (χ0n) is 12.4. The van der Waals surface area contributed by atoms with Crippen LogP contribution in [-0.4, -0.2) is 66.6 Å². The van der Waals surface area contributed by atoms with Crippen molar-refractivity contribution >= 4 is 5.69 Å². The molecule has 1 aromatic heterocycles. The predicted molar refractivity (Wildman–Crippen MR) is 80.9 cm³/mol. The van der Waals surface area contributed by atoms with Gasteiger partial charge in [-0.05, 0) is 37.9 Å². The Labute approximate surface area is 125 Å². The maximum Gasteiger partial charge on any atom is 0.164 e. The largest absolute Gasteiger partial charge is 0.367 e. The van der Waals surface area contributed by atoms with Crippen molar-refractivity contribution in [2.45, 2.75) is 18.9 Å². The molecule has 1 atom stereocenters. The predicted octanol–water partition coefficient (Wildman–Crippen LogP) is 1.44. The third-order valence-corrected chi connectivity index (χ3v) is 5.50. The molecular formula is C16H23FN4. The Kier molecular flexibility index (Phi) is 3.55. The van der Waals surface area contributed by atoms with Crippen molar-refractivity contribution in [1.29, 1.82) is 0 Å². The van der Waals surface area contributed by atoms with Crippen LogP contribution >= 0.6 is 0 Å². The standard InChI is InChI=1S/C16H23FN4/c17-14-11-18-4-1-15(14)20-7-9-21(10-8-20)16-12-19-5-2-13(16)3-6-19/h1,4,11,13,16H,2-3,5-10,12H2. The van der Waals surface area contributed by atoms with Gasteiger partial charge in [-0.1, -0.05) is 0 Å². The number of rotatable bonds is 2. The molecule has 0 N–H and O–H groups in total. The molecule has 5 heterocycles. The minimum atomic E-state index is -0.200. The van der Waals surface area contributed by atoms with Crippen molar-refractivity contribution in [3.05, 3.63) is 24.3 Å². The number of halogens is 1. The summed E-state index contributed by atoms with van der Waals surface area (Å²) in [5, 5.41) is 0. The maximum absolute atomic E-state index is 13.8. The molecule has 4 saturated heterocycles. The van der Waals surface area contributed by atoms with Crippen LogP contribution < -0.4 is 4.90 Å². The lowest BCUT2D eigenvalue weighted by Crippen LogP contribution is -2.61. The molecule has 4 fully saturated rings. The summed E-state index contributed by atoms with van der Waals surface area (Å²) < 4.78 is 13.8. The molecule has 5 heteroatoms. The number of aromatic nitrogens is 1. The fraction of sp³-hybridized carbons (Fsp3) is 0.688. The molecule has 0 spiro atoms. The van der Waals surface area contributed by atoms with Gasteiger partial charge in [0.1, 0.15) is 0 Å². The lowest BCUT2D eigenvalue weighted by molar-refractivity contribution is 0.00307. The van der Waals surface area contributed by atoms with Gasteiger partial charge in [0.2, 0.25) is 0 Å². The van der Waals surface area contributed by atoms with Crippen molar-refractivity contribution < 1.29 is 4.39 Å². The highest BCUT2D eigenvalue weighted by Crippen LogP contribution is 2.31. The van der Waals surface area contributed by atoms with E-state index < -0.39 is 0 Å². The molecule has 21 heavy (non-hydrogen) atoms. The number of pyridine rings is 1. The Morgan fingerprint density at radius 3 is 2.43 bits per heavy atom. The lowest BCUT2D eigenvalue weighted by Gasteiger charge is -2.51. The number of piperazine rings is 1. The summed E-state index contributed by atoms with van der Waals surface area (Å²) >= 11 is 0. The van der Waals surface area contributed by atoms with E-state index in [1.807, 2.05) is 0 Å². The van der Waals surface area contributed by atoms with E-state index in [-0.39, 0.29) is 5.82 Å². The summed E-state index contributed by atoms with van der Waals surface area (Å²) in [6, 6.07) is 2.52. The Balaban J connectivity index is 1.40. The highest BCUT2D eigenvalue weighted by atomic mass is 19.1. The zero-order valence-corrected chi connectivity index (χ0v) is 12.4. The number of hydrogen-bond donors (Lipinski definition) is 0. The first-order valence-electron chi connectivity index (χ1n) is 8.12. The molecule has 114 valence electrons. The average Bonchev–Trinajstić information content (AvgIpc) is 2.57. The van der Waals surface area contributed by atoms with E-state index >= 15 is 0 Å². The van der Waals surface area contributed by atoms with Crippen LogP contribution in [0.3, 0.4) is 0 Å². The monoisotopic (exact) mass is 290 g/mol. The van der Waals surface area contributed by atoms with Crippen LogP contribution in [0.25, 0.3) is 0 Å². The maximum atomic E-state index is 13.8. The first kappa shape index (κ1) is 13.5. The van der Waals surface area contributed by atoms with Gasteiger partial charge in [-0.2, -0.15) is 0 Å². The van der Waals surface area contributed by atoms with Crippen LogP contribution in [0.1, 0.15) is 12.8 Å². The third kappa shape index (κ3) is 2.53. The summed E-state index contributed by atoms with van der Waals surface area (Å²) in [5.74, 6) is 0.688. The van der Waals surface area contributed by atoms with Gasteiger partial charge in [0.05, 0.1) is 11.9 Å². The number of piperidine rings is 3. The summed E-state index contributed by atoms with van der Waals surface area (Å²) in [5.41, 5.74) is 0.707. The molecule has 5 rings (SSSR count). The van der Waals surface area contributed by atoms with E-state index in [1.165, 1.54) is 38.7 Å². The van der Waals surface area contributed by atoms with E-state index in [2.05, 4.69) is 19.7 Å². The fourth-order valence-electron chi connectivity index (χ4n) is 4.27. The van der Waals surface area contributed by atoms with Crippen LogP contribution in [0.4, 0.5) is 10.1 Å². The van der Waals surface area contributed by atoms with Crippen molar-refractivity contribution in [1.82, 2.24) is 14.8 Å². The van der Waals surface area contributed by atoms with Gasteiger partial charge in [0, 0.05) is 45.0 Å². The van der Waals surface area contributed by atoms with Crippen molar-refractivity contribution in [2.75, 3.05) is 50.7 Å². The van der Waals surface area contributed by atoms with E-state index in [9.17, 15) is 4.39 Å². The molecule has 1 aromatic rings. The Morgan fingerprint density at radius 1 is 1.05 bits per heavy atom. The molecule has 4 aliphatic heterocycles. The normalized spacial score (nSPS) is 33.4. The Hall–Kier alpha value is -1.20. The van der Waals surface area contributed by atoms with Crippen LogP contribution in [0.5, 0.6) is 0 Å². The summed E-state index contributed by atoms with van der Waals surface area (Å²) in [4.78, 5) is 11.3. The second-order valence-corrected chi connectivity index (χ2v) is 6.56. The van der Waals surface area contributed by atoms with Crippen molar-refractivity contribution in [3.63, 3.8) is 0 Å². The van der Waals surface area contributed by atoms with Gasteiger partial charge in [0.15, 0.2) is 5.82 Å². The topological polar surface area (TPSA) is 22.6 Å². The van der Waals surface area contributed by atoms with Gasteiger partial charge in [-0.3, -0.25) is 9.88 Å². The molecule has 0 amide bonds. The molecule has 0 aliphatic carbocycles. The summed E-state index contributed by atoms with van der Waals surface area (Å²) in [6.07, 6.45) is 5.72. The summed E-state index contributed by atoms with van der Waals surface area (Å²) in [7, 11) is 0. The number of hydrogen-bond acceptors (Lipinski definition) is 4. The first-order valence-corrected chi connectivity index (χ1v) is 8.12. The highest BCUT2D eigenvalue weighted by molar-refractivity contribution is 5.46. The van der Waals surface area contributed by atoms with Crippen LogP contribution in [0.2, 0.25) is 0 Å². The van der Waals surface area contributed by atoms with Gasteiger partial charge in [-0.15, -0.1) is 0 Å². The van der Waals surface area contributed by atoms with E-state index in [1.54, 1.807) is 12.3 Å². The van der Waals surface area contributed by atoms with Crippen molar-refractivity contribution in [3.8, 4) is 0 Å². The van der Waals surface area contributed by atoms with E-state index in [0.717, 1.165) is 38.1 Å². The van der Waals surface area contributed by atoms with Gasteiger partial charge >= 0.3 is 0 Å². The Bertz CT molecular complexity index is 493. The molecule has 1 unspecified atom stereocenters. The highest BCUT2D eigenvalue weighted by Gasteiger charge is 2.38. The minimum Gasteiger partial charge on any atom is -0.367 e. The van der Waals surface area contributed by atoms with E-state index in [4.69, 9.17) is 0 Å². The zero-order chi connectivity index (χ0) is 14.2. The quantitative estimate of drug-likeness (QED) is 0.822. The number of fused-ring (bicyclic) bond motifs is 3. The molecule has 2 bridgehead atoms. The SMILES string of the molecule is Fc1cnccc1N1CCN(C2CN3CCC2CC3)CC1. The smallest absolute Gasteiger partial charge is 0.164 e. The first-order chi connectivity index (χ1) is 10.3. The second kappa shape index (κ2) is 5.54. The number of anilines is 1. The van der Waals surface area contributed by atoms with Gasteiger partial charge in [0.25, 0.3) is 0 Å². The molecule has 0 radical (unpaired) electrons. The molecule has 4 aliphatic rings. The fourth-order valence-corrected chi connectivity index (χ4v) is 4.27. The average molecular weight is 290 g/mol. The summed E-state index contributed by atoms with van der Waals surface area (Å²) in [6.45, 7) is 7.78. The molecule has 0 saturated carbocycles. The minimum absolute atomic E-state index is 0.200. The van der Waals surface area contributed by atoms with Gasteiger partial charge in [-0.25, -0.2) is 4.39 Å². The van der Waals surface area contributed by atoms with Crippen LogP contribution in [0, 0.1) is 11.7 Å². The van der Waals surface area contributed by atoms with Crippen molar-refractivity contribution in [2.24, 2.45) is 5.92 Å². The molecule has 0 aromatic carbocycles.